The van der Waals surface area contributed by atoms with Gasteiger partial charge in [-0.2, -0.15) is 0 Å². The first-order chi connectivity index (χ1) is 42.5. The van der Waals surface area contributed by atoms with Crippen LogP contribution in [0, 0.1) is 0 Å². The zero-order valence-corrected chi connectivity index (χ0v) is 58.6. The summed E-state index contributed by atoms with van der Waals surface area (Å²) in [6.07, 6.45) is 97.1. The highest BCUT2D eigenvalue weighted by molar-refractivity contribution is 5.76. The van der Waals surface area contributed by atoms with E-state index in [1.807, 2.05) is 0 Å². The summed E-state index contributed by atoms with van der Waals surface area (Å²) >= 11 is 0. The minimum atomic E-state index is -0.661. The Morgan fingerprint density at radius 3 is 0.826 bits per heavy atom. The van der Waals surface area contributed by atoms with E-state index in [2.05, 4.69) is 43.5 Å². The normalized spacial score (nSPS) is 12.6. The molecule has 0 rings (SSSR count). The molecule has 0 aliphatic rings. The molecule has 0 radical (unpaired) electrons. The Hall–Kier alpha value is -1.66. The Morgan fingerprint density at radius 1 is 0.314 bits per heavy atom. The number of amides is 1. The second-order valence-electron chi connectivity index (χ2n) is 27.4. The van der Waals surface area contributed by atoms with Gasteiger partial charge in [0.1, 0.15) is 0 Å². The minimum Gasteiger partial charge on any atom is -0.466 e. The molecule has 510 valence electrons. The number of rotatable bonds is 75. The zero-order valence-electron chi connectivity index (χ0n) is 58.6. The van der Waals surface area contributed by atoms with Crippen molar-refractivity contribution >= 4 is 11.9 Å². The molecule has 3 N–H and O–H groups in total. The van der Waals surface area contributed by atoms with Gasteiger partial charge in [0.15, 0.2) is 0 Å². The topological polar surface area (TPSA) is 95.9 Å². The highest BCUT2D eigenvalue weighted by atomic mass is 16.5. The number of hydrogen-bond acceptors (Lipinski definition) is 5. The van der Waals surface area contributed by atoms with Crippen LogP contribution in [0.1, 0.15) is 450 Å². The SMILES string of the molecule is CCCCCCCCC/C=C\CCCCCCCCCC(=O)OCCCCCCCCCCCCCCCCCC/C=C\CCCCCCCCCCCCCCCCCCCC(=O)NC(CO)C(O)CCCCCCCCCCCCCCCC. The van der Waals surface area contributed by atoms with Gasteiger partial charge in [-0.05, 0) is 77.0 Å². The van der Waals surface area contributed by atoms with Crippen LogP contribution in [0.4, 0.5) is 0 Å². The first kappa shape index (κ1) is 84.3. The predicted molar refractivity (Wildman–Crippen MR) is 380 cm³/mol. The van der Waals surface area contributed by atoms with Crippen LogP contribution in [0.3, 0.4) is 0 Å². The van der Waals surface area contributed by atoms with Crippen LogP contribution >= 0.6 is 0 Å². The summed E-state index contributed by atoms with van der Waals surface area (Å²) in [7, 11) is 0. The molecule has 0 saturated carbocycles. The van der Waals surface area contributed by atoms with Crippen LogP contribution in [0.2, 0.25) is 0 Å². The number of esters is 1. The van der Waals surface area contributed by atoms with Crippen LogP contribution in [0.25, 0.3) is 0 Å². The molecule has 0 aromatic heterocycles. The largest absolute Gasteiger partial charge is 0.466 e. The summed E-state index contributed by atoms with van der Waals surface area (Å²) in [5, 5.41) is 23.3. The molecular weight excluding hydrogens is 1050 g/mol. The summed E-state index contributed by atoms with van der Waals surface area (Å²) in [4.78, 5) is 24.6. The second-order valence-corrected chi connectivity index (χ2v) is 27.4. The molecule has 86 heavy (non-hydrogen) atoms. The third-order valence-electron chi connectivity index (χ3n) is 18.7. The number of aliphatic hydroxyl groups is 2. The molecular formula is C80H155NO5. The lowest BCUT2D eigenvalue weighted by Gasteiger charge is -2.22. The van der Waals surface area contributed by atoms with Crippen molar-refractivity contribution in [2.24, 2.45) is 0 Å². The molecule has 0 aliphatic heterocycles. The molecule has 0 aliphatic carbocycles. The molecule has 0 saturated heterocycles. The average Bonchev–Trinajstić information content (AvgIpc) is 3.51. The van der Waals surface area contributed by atoms with Gasteiger partial charge in [0.2, 0.25) is 5.91 Å². The maximum absolute atomic E-state index is 12.5. The van der Waals surface area contributed by atoms with E-state index < -0.39 is 12.1 Å². The van der Waals surface area contributed by atoms with Crippen molar-refractivity contribution in [1.82, 2.24) is 5.32 Å². The Morgan fingerprint density at radius 2 is 0.547 bits per heavy atom. The predicted octanol–water partition coefficient (Wildman–Crippen LogP) is 26.0. The number of hydrogen-bond donors (Lipinski definition) is 3. The van der Waals surface area contributed by atoms with Gasteiger partial charge in [-0.25, -0.2) is 0 Å². The average molecular weight is 1210 g/mol. The standard InChI is InChI=1S/C80H155NO5/c1-3-5-7-9-11-13-15-17-19-20-43-46-50-54-58-62-66-70-74-80(85)86-75-71-67-63-59-55-51-47-44-41-39-37-35-33-31-29-27-25-23-21-22-24-26-28-30-32-34-36-38-40-42-45-49-53-57-61-65-69-73-79(84)81-77(76-82)78(83)72-68-64-60-56-52-48-18-16-14-12-10-8-6-4-2/h19-21,23,77-78,82-83H,3-18,22,24-76H2,1-2H3,(H,81,84)/b20-19-,23-21-. The number of carbonyl (C=O) groups excluding carboxylic acids is 2. The van der Waals surface area contributed by atoms with Gasteiger partial charge in [0.05, 0.1) is 25.4 Å². The molecule has 0 spiro atoms. The fraction of sp³-hybridized carbons (Fsp3) is 0.925. The maximum Gasteiger partial charge on any atom is 0.305 e. The third kappa shape index (κ3) is 71.4. The number of aliphatic hydroxyl groups excluding tert-OH is 2. The molecule has 2 atom stereocenters. The van der Waals surface area contributed by atoms with Crippen molar-refractivity contribution < 1.29 is 24.5 Å². The molecule has 0 aromatic carbocycles. The fourth-order valence-corrected chi connectivity index (χ4v) is 12.7. The van der Waals surface area contributed by atoms with Crippen molar-refractivity contribution in [2.75, 3.05) is 13.2 Å². The molecule has 0 heterocycles. The number of unbranched alkanes of at least 4 members (excludes halogenated alkanes) is 60. The van der Waals surface area contributed by atoms with E-state index in [1.54, 1.807) is 0 Å². The molecule has 0 bridgehead atoms. The van der Waals surface area contributed by atoms with Crippen LogP contribution in [0.15, 0.2) is 24.3 Å². The van der Waals surface area contributed by atoms with Gasteiger partial charge in [0, 0.05) is 12.8 Å². The Labute approximate surface area is 539 Å². The van der Waals surface area contributed by atoms with Crippen molar-refractivity contribution in [3.63, 3.8) is 0 Å². The van der Waals surface area contributed by atoms with Gasteiger partial charge in [0.25, 0.3) is 0 Å². The minimum absolute atomic E-state index is 0.0194. The molecule has 0 aromatic rings. The molecule has 1 amide bonds. The van der Waals surface area contributed by atoms with Gasteiger partial charge in [-0.3, -0.25) is 9.59 Å². The molecule has 0 fully saturated rings. The highest BCUT2D eigenvalue weighted by Gasteiger charge is 2.20. The summed E-state index contributed by atoms with van der Waals surface area (Å²) in [5.74, 6) is -0.00843. The first-order valence-electron chi connectivity index (χ1n) is 39.6. The number of nitrogens with one attached hydrogen (secondary N) is 1. The number of carbonyl (C=O) groups is 2. The van der Waals surface area contributed by atoms with E-state index >= 15 is 0 Å². The van der Waals surface area contributed by atoms with Crippen LogP contribution in [-0.4, -0.2) is 47.4 Å². The highest BCUT2D eigenvalue weighted by Crippen LogP contribution is 2.20. The van der Waals surface area contributed by atoms with Gasteiger partial charge in [-0.1, -0.05) is 385 Å². The van der Waals surface area contributed by atoms with E-state index in [0.717, 1.165) is 38.5 Å². The molecule has 6 heteroatoms. The van der Waals surface area contributed by atoms with E-state index in [4.69, 9.17) is 4.74 Å². The first-order valence-corrected chi connectivity index (χ1v) is 39.6. The Balaban J connectivity index is 3.31. The summed E-state index contributed by atoms with van der Waals surface area (Å²) in [6, 6.07) is -0.538. The van der Waals surface area contributed by atoms with E-state index in [9.17, 15) is 19.8 Å². The van der Waals surface area contributed by atoms with Gasteiger partial charge in [-0.15, -0.1) is 0 Å². The lowest BCUT2D eigenvalue weighted by molar-refractivity contribution is -0.143. The van der Waals surface area contributed by atoms with Crippen molar-refractivity contribution in [1.29, 1.82) is 0 Å². The van der Waals surface area contributed by atoms with Crippen molar-refractivity contribution in [3.8, 4) is 0 Å². The Bertz CT molecular complexity index is 1350. The Kier molecular flexibility index (Phi) is 74.3. The van der Waals surface area contributed by atoms with Gasteiger partial charge < -0.3 is 20.3 Å². The van der Waals surface area contributed by atoms with Crippen molar-refractivity contribution in [2.45, 2.75) is 463 Å². The fourth-order valence-electron chi connectivity index (χ4n) is 12.7. The molecule has 6 nitrogen and oxygen atoms in total. The monoisotopic (exact) mass is 1210 g/mol. The van der Waals surface area contributed by atoms with Crippen LogP contribution in [0.5, 0.6) is 0 Å². The van der Waals surface area contributed by atoms with Gasteiger partial charge >= 0.3 is 5.97 Å². The quantitative estimate of drug-likeness (QED) is 0.0320. The smallest absolute Gasteiger partial charge is 0.305 e. The summed E-state index contributed by atoms with van der Waals surface area (Å²) in [5.41, 5.74) is 0. The lowest BCUT2D eigenvalue weighted by atomic mass is 10.0. The maximum atomic E-state index is 12.5. The molecule has 2 unspecified atom stereocenters. The lowest BCUT2D eigenvalue weighted by Crippen LogP contribution is -2.45. The van der Waals surface area contributed by atoms with E-state index in [-0.39, 0.29) is 18.5 Å². The van der Waals surface area contributed by atoms with Crippen LogP contribution in [-0.2, 0) is 14.3 Å². The zero-order chi connectivity index (χ0) is 62.0. The summed E-state index contributed by atoms with van der Waals surface area (Å²) in [6.45, 7) is 4.99. The second kappa shape index (κ2) is 75.8. The van der Waals surface area contributed by atoms with E-state index in [0.29, 0.717) is 25.9 Å². The third-order valence-corrected chi connectivity index (χ3v) is 18.7. The van der Waals surface area contributed by atoms with Crippen molar-refractivity contribution in [3.05, 3.63) is 24.3 Å². The van der Waals surface area contributed by atoms with E-state index in [1.165, 1.54) is 379 Å². The number of ether oxygens (including phenoxy) is 1. The summed E-state index contributed by atoms with van der Waals surface area (Å²) < 4.78 is 5.51. The number of allylic oxidation sites excluding steroid dienone is 4. The van der Waals surface area contributed by atoms with Crippen LogP contribution < -0.4 is 5.32 Å².